The summed E-state index contributed by atoms with van der Waals surface area (Å²) in [7, 11) is 1.73. The van der Waals surface area contributed by atoms with E-state index in [0.29, 0.717) is 12.0 Å². The molecule has 0 aliphatic carbocycles. The molecule has 0 saturated carbocycles. The van der Waals surface area contributed by atoms with Crippen molar-refractivity contribution in [2.45, 2.75) is 46.2 Å². The van der Waals surface area contributed by atoms with Crippen molar-refractivity contribution >= 4 is 16.5 Å². The third-order valence-corrected chi connectivity index (χ3v) is 5.16. The highest BCUT2D eigenvalue weighted by Crippen LogP contribution is 2.34. The molecule has 5 heteroatoms. The van der Waals surface area contributed by atoms with Gasteiger partial charge in [0.05, 0.1) is 12.3 Å². The van der Waals surface area contributed by atoms with Gasteiger partial charge in [0.2, 0.25) is 0 Å². The fourth-order valence-electron chi connectivity index (χ4n) is 2.80. The Kier molecular flexibility index (Phi) is 5.81. The highest BCUT2D eigenvalue weighted by atomic mass is 32.1. The first-order valence-electron chi connectivity index (χ1n) is 7.56. The summed E-state index contributed by atoms with van der Waals surface area (Å²) in [5.74, 6) is 0.699. The topological polar surface area (TPSA) is 37.4 Å². The Hall–Kier alpha value is -0.650. The fraction of sp³-hybridized carbons (Fsp3) is 0.800. The second kappa shape index (κ2) is 7.38. The second-order valence-electron chi connectivity index (χ2n) is 5.82. The molecular formula is C15H27N3OS. The van der Waals surface area contributed by atoms with Crippen LogP contribution in [0.25, 0.3) is 0 Å². The Labute approximate surface area is 126 Å². The summed E-state index contributed by atoms with van der Waals surface area (Å²) in [6.07, 6.45) is 2.60. The van der Waals surface area contributed by atoms with Crippen molar-refractivity contribution < 1.29 is 4.74 Å². The number of aryl methyl sites for hydroxylation is 1. The quantitative estimate of drug-likeness (QED) is 0.785. The minimum atomic E-state index is 0.662. The van der Waals surface area contributed by atoms with Gasteiger partial charge in [0.25, 0.3) is 0 Å². The Balaban J connectivity index is 1.99. The molecule has 1 aliphatic rings. The molecule has 1 aromatic rings. The van der Waals surface area contributed by atoms with Crippen LogP contribution < -0.4 is 10.2 Å². The SMILES string of the molecule is COCCNCc1sc(N2CCCC2C(C)C)nc1C. The van der Waals surface area contributed by atoms with Crippen molar-refractivity contribution in [2.24, 2.45) is 5.92 Å². The number of methoxy groups -OCH3 is 1. The summed E-state index contributed by atoms with van der Waals surface area (Å²) in [6.45, 7) is 10.5. The van der Waals surface area contributed by atoms with E-state index < -0.39 is 0 Å². The molecule has 0 bridgehead atoms. The van der Waals surface area contributed by atoms with Gasteiger partial charge < -0.3 is 15.0 Å². The smallest absolute Gasteiger partial charge is 0.186 e. The number of thiazole rings is 1. The summed E-state index contributed by atoms with van der Waals surface area (Å²) in [4.78, 5) is 8.66. The van der Waals surface area contributed by atoms with Crippen LogP contribution >= 0.6 is 11.3 Å². The third kappa shape index (κ3) is 3.71. The van der Waals surface area contributed by atoms with Gasteiger partial charge in [-0.15, -0.1) is 11.3 Å². The van der Waals surface area contributed by atoms with Gasteiger partial charge in [-0.2, -0.15) is 0 Å². The summed E-state index contributed by atoms with van der Waals surface area (Å²) in [5.41, 5.74) is 1.17. The van der Waals surface area contributed by atoms with Gasteiger partial charge >= 0.3 is 0 Å². The first kappa shape index (κ1) is 15.7. The minimum absolute atomic E-state index is 0.662. The summed E-state index contributed by atoms with van der Waals surface area (Å²) in [5, 5.41) is 4.62. The summed E-state index contributed by atoms with van der Waals surface area (Å²) in [6, 6.07) is 0.662. The van der Waals surface area contributed by atoms with E-state index in [-0.39, 0.29) is 0 Å². The molecular weight excluding hydrogens is 270 g/mol. The molecule has 20 heavy (non-hydrogen) atoms. The van der Waals surface area contributed by atoms with Crippen molar-refractivity contribution in [3.8, 4) is 0 Å². The molecule has 2 heterocycles. The summed E-state index contributed by atoms with van der Waals surface area (Å²) >= 11 is 1.85. The zero-order chi connectivity index (χ0) is 14.5. The van der Waals surface area contributed by atoms with Crippen molar-refractivity contribution in [3.05, 3.63) is 10.6 Å². The molecule has 1 N–H and O–H groups in total. The normalized spacial score (nSPS) is 19.2. The number of hydrogen-bond donors (Lipinski definition) is 1. The molecule has 0 spiro atoms. The number of nitrogens with one attached hydrogen (secondary N) is 1. The van der Waals surface area contributed by atoms with Crippen LogP contribution in [0.3, 0.4) is 0 Å². The second-order valence-corrected chi connectivity index (χ2v) is 6.88. The van der Waals surface area contributed by atoms with Crippen molar-refractivity contribution in [2.75, 3.05) is 31.7 Å². The summed E-state index contributed by atoms with van der Waals surface area (Å²) < 4.78 is 5.05. The fourth-order valence-corrected chi connectivity index (χ4v) is 3.91. The largest absolute Gasteiger partial charge is 0.383 e. The van der Waals surface area contributed by atoms with Gasteiger partial charge in [-0.1, -0.05) is 13.8 Å². The molecule has 1 fully saturated rings. The van der Waals surface area contributed by atoms with E-state index in [1.807, 2.05) is 11.3 Å². The molecule has 2 rings (SSSR count). The number of anilines is 1. The molecule has 4 nitrogen and oxygen atoms in total. The van der Waals surface area contributed by atoms with Gasteiger partial charge in [-0.05, 0) is 25.7 Å². The molecule has 0 radical (unpaired) electrons. The van der Waals surface area contributed by atoms with E-state index in [9.17, 15) is 0 Å². The molecule has 1 aliphatic heterocycles. The average molecular weight is 297 g/mol. The maximum atomic E-state index is 5.05. The van der Waals surface area contributed by atoms with E-state index in [4.69, 9.17) is 9.72 Å². The zero-order valence-corrected chi connectivity index (χ0v) is 13.9. The molecule has 0 amide bonds. The van der Waals surface area contributed by atoms with Crippen LogP contribution in [0.5, 0.6) is 0 Å². The number of ether oxygens (including phenoxy) is 1. The van der Waals surface area contributed by atoms with E-state index in [2.05, 4.69) is 31.0 Å². The zero-order valence-electron chi connectivity index (χ0n) is 13.1. The maximum Gasteiger partial charge on any atom is 0.186 e. The predicted molar refractivity (Wildman–Crippen MR) is 85.6 cm³/mol. The lowest BCUT2D eigenvalue weighted by Gasteiger charge is -2.27. The van der Waals surface area contributed by atoms with E-state index >= 15 is 0 Å². The van der Waals surface area contributed by atoms with Gasteiger partial charge in [0.15, 0.2) is 5.13 Å². The number of nitrogens with zero attached hydrogens (tertiary/aromatic N) is 2. The van der Waals surface area contributed by atoms with Crippen LogP contribution in [0.4, 0.5) is 5.13 Å². The highest BCUT2D eigenvalue weighted by molar-refractivity contribution is 7.15. The highest BCUT2D eigenvalue weighted by Gasteiger charge is 2.29. The number of aromatic nitrogens is 1. The van der Waals surface area contributed by atoms with E-state index in [1.54, 1.807) is 7.11 Å². The van der Waals surface area contributed by atoms with Crippen LogP contribution in [0.1, 0.15) is 37.3 Å². The van der Waals surface area contributed by atoms with Crippen LogP contribution in [0.2, 0.25) is 0 Å². The van der Waals surface area contributed by atoms with Crippen molar-refractivity contribution in [3.63, 3.8) is 0 Å². The molecule has 1 saturated heterocycles. The monoisotopic (exact) mass is 297 g/mol. The molecule has 0 aromatic carbocycles. The van der Waals surface area contributed by atoms with Crippen LogP contribution in [-0.4, -0.2) is 37.8 Å². The van der Waals surface area contributed by atoms with Crippen LogP contribution in [0, 0.1) is 12.8 Å². The lowest BCUT2D eigenvalue weighted by Crippen LogP contribution is -2.33. The predicted octanol–water partition coefficient (Wildman–Crippen LogP) is 2.81. The van der Waals surface area contributed by atoms with Crippen molar-refractivity contribution in [1.82, 2.24) is 10.3 Å². The van der Waals surface area contributed by atoms with Crippen molar-refractivity contribution in [1.29, 1.82) is 0 Å². The number of hydrogen-bond acceptors (Lipinski definition) is 5. The Bertz CT molecular complexity index is 419. The molecule has 114 valence electrons. The average Bonchev–Trinajstić information content (AvgIpc) is 3.01. The first-order chi connectivity index (χ1) is 9.63. The van der Waals surface area contributed by atoms with Gasteiger partial charge in [0, 0.05) is 37.7 Å². The lowest BCUT2D eigenvalue weighted by molar-refractivity contribution is 0.199. The third-order valence-electron chi connectivity index (χ3n) is 3.96. The number of rotatable bonds is 7. The van der Waals surface area contributed by atoms with Gasteiger partial charge in [-0.25, -0.2) is 4.98 Å². The van der Waals surface area contributed by atoms with Crippen LogP contribution in [-0.2, 0) is 11.3 Å². The Morgan fingerprint density at radius 2 is 2.30 bits per heavy atom. The maximum absolute atomic E-state index is 5.05. The van der Waals surface area contributed by atoms with Crippen LogP contribution in [0.15, 0.2) is 0 Å². The van der Waals surface area contributed by atoms with E-state index in [0.717, 1.165) is 26.2 Å². The first-order valence-corrected chi connectivity index (χ1v) is 8.37. The molecule has 1 unspecified atom stereocenters. The minimum Gasteiger partial charge on any atom is -0.383 e. The molecule has 1 aromatic heterocycles. The van der Waals surface area contributed by atoms with Gasteiger partial charge in [0.1, 0.15) is 0 Å². The molecule has 1 atom stereocenters. The lowest BCUT2D eigenvalue weighted by atomic mass is 10.0. The van der Waals surface area contributed by atoms with Gasteiger partial charge in [-0.3, -0.25) is 0 Å². The Morgan fingerprint density at radius 1 is 1.50 bits per heavy atom. The van der Waals surface area contributed by atoms with E-state index in [1.165, 1.54) is 28.5 Å². The Morgan fingerprint density at radius 3 is 3.00 bits per heavy atom. The standard InChI is InChI=1S/C15H27N3OS/c1-11(2)13-6-5-8-18(13)15-17-12(3)14(20-15)10-16-7-9-19-4/h11,13,16H,5-10H2,1-4H3.